The van der Waals surface area contributed by atoms with E-state index in [0.717, 1.165) is 0 Å². The Labute approximate surface area is 73.9 Å². The second kappa shape index (κ2) is 3.43. The summed E-state index contributed by atoms with van der Waals surface area (Å²) in [7, 11) is 1.41. The van der Waals surface area contributed by atoms with Gasteiger partial charge in [-0.1, -0.05) is 0 Å². The van der Waals surface area contributed by atoms with Crippen molar-refractivity contribution in [3.63, 3.8) is 0 Å². The molecular weight excluding hydrogens is 185 g/mol. The van der Waals surface area contributed by atoms with E-state index < -0.39 is 18.1 Å². The van der Waals surface area contributed by atoms with Crippen molar-refractivity contribution >= 4 is 6.03 Å². The van der Waals surface area contributed by atoms with Gasteiger partial charge in [0.15, 0.2) is 0 Å². The number of alkyl halides is 3. The zero-order chi connectivity index (χ0) is 10.1. The van der Waals surface area contributed by atoms with Gasteiger partial charge >= 0.3 is 12.2 Å². The van der Waals surface area contributed by atoms with Crippen molar-refractivity contribution in [1.82, 2.24) is 10.2 Å². The van der Waals surface area contributed by atoms with Crippen molar-refractivity contribution < 1.29 is 18.0 Å². The molecule has 0 aromatic rings. The van der Waals surface area contributed by atoms with Crippen LogP contribution in [0.2, 0.25) is 0 Å². The van der Waals surface area contributed by atoms with Crippen LogP contribution in [-0.4, -0.2) is 37.2 Å². The second-order valence-corrected chi connectivity index (χ2v) is 3.03. The van der Waals surface area contributed by atoms with Crippen molar-refractivity contribution in [2.45, 2.75) is 12.6 Å². The van der Waals surface area contributed by atoms with Gasteiger partial charge in [-0.15, -0.1) is 0 Å². The fraction of sp³-hybridized carbons (Fsp3) is 0.857. The second-order valence-electron chi connectivity index (χ2n) is 3.03. The summed E-state index contributed by atoms with van der Waals surface area (Å²) >= 11 is 0. The molecule has 0 aliphatic carbocycles. The first-order valence-corrected chi connectivity index (χ1v) is 3.98. The molecule has 2 amide bonds. The van der Waals surface area contributed by atoms with Crippen LogP contribution in [0.1, 0.15) is 6.42 Å². The smallest absolute Gasteiger partial charge is 0.341 e. The molecule has 1 heterocycles. The number of hydrogen-bond acceptors (Lipinski definition) is 1. The molecule has 0 saturated carbocycles. The van der Waals surface area contributed by atoms with Gasteiger partial charge in [0.05, 0.1) is 5.92 Å². The molecular formula is C7H11F3N2O. The lowest BCUT2D eigenvalue weighted by Crippen LogP contribution is -2.37. The summed E-state index contributed by atoms with van der Waals surface area (Å²) in [5, 5.41) is 2.30. The van der Waals surface area contributed by atoms with Crippen LogP contribution in [0.15, 0.2) is 0 Å². The lowest BCUT2D eigenvalue weighted by Gasteiger charge is -2.17. The maximum Gasteiger partial charge on any atom is 0.393 e. The van der Waals surface area contributed by atoms with Gasteiger partial charge in [-0.2, -0.15) is 13.2 Å². The van der Waals surface area contributed by atoms with Crippen LogP contribution in [0.5, 0.6) is 0 Å². The van der Waals surface area contributed by atoms with E-state index in [0.29, 0.717) is 0 Å². The minimum absolute atomic E-state index is 0.0108. The van der Waals surface area contributed by atoms with Crippen molar-refractivity contribution in [2.75, 3.05) is 20.1 Å². The molecule has 1 N–H and O–H groups in total. The summed E-state index contributed by atoms with van der Waals surface area (Å²) in [5.74, 6) is -1.36. The highest BCUT2D eigenvalue weighted by Crippen LogP contribution is 2.33. The Morgan fingerprint density at radius 2 is 2.15 bits per heavy atom. The van der Waals surface area contributed by atoms with E-state index in [1.165, 1.54) is 11.9 Å². The highest BCUT2D eigenvalue weighted by molar-refractivity contribution is 5.74. The van der Waals surface area contributed by atoms with E-state index in [-0.39, 0.29) is 19.5 Å². The van der Waals surface area contributed by atoms with Gasteiger partial charge in [-0.05, 0) is 6.42 Å². The number of urea groups is 1. The predicted octanol–water partition coefficient (Wildman–Crippen LogP) is 1.21. The molecule has 1 aliphatic heterocycles. The van der Waals surface area contributed by atoms with Gasteiger partial charge in [0, 0.05) is 20.1 Å². The quantitative estimate of drug-likeness (QED) is 0.620. The average Bonchev–Trinajstić information content (AvgIpc) is 2.50. The molecule has 1 rings (SSSR count). The first-order chi connectivity index (χ1) is 5.95. The van der Waals surface area contributed by atoms with Gasteiger partial charge in [-0.25, -0.2) is 4.79 Å². The molecule has 0 bridgehead atoms. The number of rotatable bonds is 0. The lowest BCUT2D eigenvalue weighted by atomic mass is 10.1. The summed E-state index contributed by atoms with van der Waals surface area (Å²) in [5.41, 5.74) is 0. The molecule has 1 saturated heterocycles. The molecule has 1 aliphatic rings. The number of carbonyl (C=O) groups is 1. The molecule has 76 valence electrons. The third-order valence-corrected chi connectivity index (χ3v) is 2.15. The molecule has 1 unspecified atom stereocenters. The van der Waals surface area contributed by atoms with E-state index in [4.69, 9.17) is 0 Å². The predicted molar refractivity (Wildman–Crippen MR) is 40.2 cm³/mol. The summed E-state index contributed by atoms with van der Waals surface area (Å²) in [6.45, 7) is -0.0347. The first kappa shape index (κ1) is 10.1. The molecule has 0 radical (unpaired) electrons. The Morgan fingerprint density at radius 3 is 2.54 bits per heavy atom. The van der Waals surface area contributed by atoms with E-state index in [9.17, 15) is 18.0 Å². The summed E-state index contributed by atoms with van der Waals surface area (Å²) < 4.78 is 36.4. The molecule has 1 fully saturated rings. The minimum atomic E-state index is -4.18. The number of likely N-dealkylation sites (tertiary alicyclic amines) is 1. The number of carbonyl (C=O) groups excluding carboxylic acids is 1. The molecule has 0 spiro atoms. The van der Waals surface area contributed by atoms with E-state index in [2.05, 4.69) is 5.32 Å². The van der Waals surface area contributed by atoms with Gasteiger partial charge in [0.25, 0.3) is 0 Å². The van der Waals surface area contributed by atoms with Crippen LogP contribution in [0, 0.1) is 5.92 Å². The van der Waals surface area contributed by atoms with Crippen LogP contribution >= 0.6 is 0 Å². The van der Waals surface area contributed by atoms with Crippen LogP contribution in [0.25, 0.3) is 0 Å². The molecule has 3 nitrogen and oxygen atoms in total. The Morgan fingerprint density at radius 1 is 1.54 bits per heavy atom. The molecule has 6 heteroatoms. The van der Waals surface area contributed by atoms with Crippen molar-refractivity contribution in [2.24, 2.45) is 5.92 Å². The SMILES string of the molecule is CNC(=O)N1CCC(C(F)(F)F)C1. The zero-order valence-electron chi connectivity index (χ0n) is 7.19. The first-order valence-electron chi connectivity index (χ1n) is 3.98. The maximum absolute atomic E-state index is 12.1. The number of nitrogens with one attached hydrogen (secondary N) is 1. The van der Waals surface area contributed by atoms with Crippen molar-refractivity contribution in [3.05, 3.63) is 0 Å². The summed E-state index contributed by atoms with van der Waals surface area (Å²) in [6, 6.07) is -0.438. The van der Waals surface area contributed by atoms with E-state index in [1.807, 2.05) is 0 Å². The van der Waals surface area contributed by atoms with Crippen LogP contribution < -0.4 is 5.32 Å². The average molecular weight is 196 g/mol. The third kappa shape index (κ3) is 2.26. The summed E-state index contributed by atoms with van der Waals surface area (Å²) in [6.07, 6.45) is -4.17. The molecule has 0 aromatic heterocycles. The van der Waals surface area contributed by atoms with E-state index >= 15 is 0 Å². The lowest BCUT2D eigenvalue weighted by molar-refractivity contribution is -0.169. The van der Waals surface area contributed by atoms with Gasteiger partial charge in [-0.3, -0.25) is 0 Å². The normalized spacial score (nSPS) is 23.4. The zero-order valence-corrected chi connectivity index (χ0v) is 7.19. The Hall–Kier alpha value is -0.940. The van der Waals surface area contributed by atoms with Crippen molar-refractivity contribution in [1.29, 1.82) is 0 Å². The fourth-order valence-corrected chi connectivity index (χ4v) is 1.37. The Bertz CT molecular complexity index is 204. The van der Waals surface area contributed by atoms with Gasteiger partial charge in [0.1, 0.15) is 0 Å². The van der Waals surface area contributed by atoms with Gasteiger partial charge in [0.2, 0.25) is 0 Å². The largest absolute Gasteiger partial charge is 0.393 e. The van der Waals surface area contributed by atoms with Crippen molar-refractivity contribution in [3.8, 4) is 0 Å². The number of hydrogen-bond donors (Lipinski definition) is 1. The number of halogens is 3. The van der Waals surface area contributed by atoms with Crippen LogP contribution in [-0.2, 0) is 0 Å². The molecule has 0 aromatic carbocycles. The maximum atomic E-state index is 12.1. The van der Waals surface area contributed by atoms with Crippen LogP contribution in [0.3, 0.4) is 0 Å². The molecule has 1 atom stereocenters. The Kier molecular flexibility index (Phi) is 2.68. The monoisotopic (exact) mass is 196 g/mol. The number of nitrogens with zero attached hydrogens (tertiary/aromatic N) is 1. The Balaban J connectivity index is 2.50. The third-order valence-electron chi connectivity index (χ3n) is 2.15. The standard InChI is InChI=1S/C7H11F3N2O/c1-11-6(13)12-3-2-5(4-12)7(8,9)10/h5H,2-4H2,1H3,(H,11,13). The van der Waals surface area contributed by atoms with Crippen LogP contribution in [0.4, 0.5) is 18.0 Å². The number of amides is 2. The summed E-state index contributed by atoms with van der Waals surface area (Å²) in [4.78, 5) is 12.1. The highest BCUT2D eigenvalue weighted by Gasteiger charge is 2.44. The highest BCUT2D eigenvalue weighted by atomic mass is 19.4. The van der Waals surface area contributed by atoms with Gasteiger partial charge < -0.3 is 10.2 Å². The molecule has 13 heavy (non-hydrogen) atoms. The minimum Gasteiger partial charge on any atom is -0.341 e. The topological polar surface area (TPSA) is 32.3 Å². The van der Waals surface area contributed by atoms with E-state index in [1.54, 1.807) is 0 Å². The fourth-order valence-electron chi connectivity index (χ4n) is 1.37.